The second kappa shape index (κ2) is 7.98. The fraction of sp³-hybridized carbons (Fsp3) is 0.238. The summed E-state index contributed by atoms with van der Waals surface area (Å²) >= 11 is 0. The lowest BCUT2D eigenvalue weighted by molar-refractivity contribution is -0.121. The van der Waals surface area contributed by atoms with Crippen LogP contribution in [0.4, 0.5) is 0 Å². The Kier molecular flexibility index (Phi) is 5.65. The molecule has 0 spiro atoms. The van der Waals surface area contributed by atoms with E-state index in [1.807, 2.05) is 13.8 Å². The van der Waals surface area contributed by atoms with Gasteiger partial charge in [0.1, 0.15) is 0 Å². The number of benzene rings is 2. The summed E-state index contributed by atoms with van der Waals surface area (Å²) in [6.45, 7) is 3.66. The van der Waals surface area contributed by atoms with Crippen molar-refractivity contribution in [2.24, 2.45) is 5.92 Å². The zero-order chi connectivity index (χ0) is 20.3. The Morgan fingerprint density at radius 2 is 1.64 bits per heavy atom. The molecule has 0 atom stereocenters. The van der Waals surface area contributed by atoms with Crippen LogP contribution in [0, 0.1) is 5.92 Å². The number of Topliss-reactive ketones (excluding diaryl/α,β-unsaturated/α-hetero) is 1. The second-order valence-electron chi connectivity index (χ2n) is 6.97. The van der Waals surface area contributed by atoms with Crippen LogP contribution in [0.2, 0.25) is 0 Å². The number of aromatic nitrogens is 1. The van der Waals surface area contributed by atoms with Crippen molar-refractivity contribution >= 4 is 32.6 Å². The summed E-state index contributed by atoms with van der Waals surface area (Å²) in [6, 6.07) is 14.9. The molecule has 3 rings (SSSR count). The second-order valence-corrected chi connectivity index (χ2v) is 8.79. The lowest BCUT2D eigenvalue weighted by atomic mass is 10.1. The standard InChI is InChI=1S/C21H22N2O4S/c1-15(2)12-21(25)22-13-20(24)18-14-23(19-11-7-6-10-17(18)19)28(26,27)16-8-4-3-5-9-16/h3-11,14-15H,12-13H2,1-2H3,(H,22,25). The topological polar surface area (TPSA) is 85.2 Å². The van der Waals surface area contributed by atoms with Gasteiger partial charge in [-0.05, 0) is 24.1 Å². The molecule has 0 fully saturated rings. The van der Waals surface area contributed by atoms with Crippen LogP contribution in [-0.2, 0) is 14.8 Å². The van der Waals surface area contributed by atoms with Gasteiger partial charge in [-0.25, -0.2) is 12.4 Å². The van der Waals surface area contributed by atoms with Crippen molar-refractivity contribution in [3.05, 3.63) is 66.4 Å². The van der Waals surface area contributed by atoms with Crippen molar-refractivity contribution in [1.29, 1.82) is 0 Å². The van der Waals surface area contributed by atoms with Crippen LogP contribution in [0.3, 0.4) is 0 Å². The fourth-order valence-electron chi connectivity index (χ4n) is 2.99. The highest BCUT2D eigenvalue weighted by Gasteiger charge is 2.23. The molecule has 1 N–H and O–H groups in total. The molecule has 0 unspecified atom stereocenters. The molecular formula is C21H22N2O4S. The van der Waals surface area contributed by atoms with Crippen LogP contribution >= 0.6 is 0 Å². The number of amides is 1. The van der Waals surface area contributed by atoms with Crippen LogP contribution in [0.15, 0.2) is 65.7 Å². The summed E-state index contributed by atoms with van der Waals surface area (Å²) in [4.78, 5) is 24.7. The zero-order valence-electron chi connectivity index (χ0n) is 15.8. The predicted molar refractivity (Wildman–Crippen MR) is 108 cm³/mol. The highest BCUT2D eigenvalue weighted by molar-refractivity contribution is 7.90. The number of carbonyl (C=O) groups excluding carboxylic acids is 2. The zero-order valence-corrected chi connectivity index (χ0v) is 16.6. The number of fused-ring (bicyclic) bond motifs is 1. The third-order valence-electron chi connectivity index (χ3n) is 4.32. The molecule has 6 nitrogen and oxygen atoms in total. The van der Waals surface area contributed by atoms with Crippen molar-refractivity contribution in [1.82, 2.24) is 9.29 Å². The normalized spacial score (nSPS) is 11.7. The number of nitrogens with one attached hydrogen (secondary N) is 1. The molecule has 0 aliphatic rings. The molecular weight excluding hydrogens is 376 g/mol. The summed E-state index contributed by atoms with van der Waals surface area (Å²) in [5.74, 6) is -0.354. The summed E-state index contributed by atoms with van der Waals surface area (Å²) in [5, 5.41) is 3.14. The highest BCUT2D eigenvalue weighted by Crippen LogP contribution is 2.26. The van der Waals surface area contributed by atoms with E-state index in [1.54, 1.807) is 42.5 Å². The number of ketones is 1. The van der Waals surface area contributed by atoms with Gasteiger partial charge in [-0.1, -0.05) is 50.2 Å². The number of hydrogen-bond acceptors (Lipinski definition) is 4. The maximum Gasteiger partial charge on any atom is 0.268 e. The fourth-order valence-corrected chi connectivity index (χ4v) is 4.38. The molecule has 0 aliphatic heterocycles. The number of para-hydroxylation sites is 1. The van der Waals surface area contributed by atoms with E-state index in [2.05, 4.69) is 5.32 Å². The molecule has 0 saturated heterocycles. The molecule has 1 amide bonds. The van der Waals surface area contributed by atoms with E-state index in [1.165, 1.54) is 18.3 Å². The van der Waals surface area contributed by atoms with Gasteiger partial charge in [-0.15, -0.1) is 0 Å². The quantitative estimate of drug-likeness (QED) is 0.619. The Labute approximate surface area is 164 Å². The minimum atomic E-state index is -3.85. The van der Waals surface area contributed by atoms with E-state index in [0.29, 0.717) is 17.3 Å². The average Bonchev–Trinajstić information content (AvgIpc) is 3.07. The monoisotopic (exact) mass is 398 g/mol. The van der Waals surface area contributed by atoms with Crippen LogP contribution in [0.5, 0.6) is 0 Å². The van der Waals surface area contributed by atoms with E-state index in [0.717, 1.165) is 3.97 Å². The lowest BCUT2D eigenvalue weighted by Gasteiger charge is -2.07. The number of rotatable bonds is 7. The van der Waals surface area contributed by atoms with Gasteiger partial charge in [0.2, 0.25) is 5.91 Å². The molecule has 1 heterocycles. The van der Waals surface area contributed by atoms with Crippen LogP contribution in [0.1, 0.15) is 30.6 Å². The van der Waals surface area contributed by atoms with Gasteiger partial charge >= 0.3 is 0 Å². The minimum Gasteiger partial charge on any atom is -0.349 e. The van der Waals surface area contributed by atoms with E-state index in [9.17, 15) is 18.0 Å². The molecule has 3 aromatic rings. The molecule has 0 bridgehead atoms. The van der Waals surface area contributed by atoms with Gasteiger partial charge in [0.05, 0.1) is 17.0 Å². The lowest BCUT2D eigenvalue weighted by Crippen LogP contribution is -2.30. The Balaban J connectivity index is 1.98. The maximum absolute atomic E-state index is 13.1. The molecule has 2 aromatic carbocycles. The van der Waals surface area contributed by atoms with Gasteiger partial charge < -0.3 is 5.32 Å². The van der Waals surface area contributed by atoms with Gasteiger partial charge in [-0.3, -0.25) is 9.59 Å². The van der Waals surface area contributed by atoms with E-state index in [4.69, 9.17) is 0 Å². The molecule has 0 saturated carbocycles. The SMILES string of the molecule is CC(C)CC(=O)NCC(=O)c1cn(S(=O)(=O)c2ccccc2)c2ccccc12. The summed E-state index contributed by atoms with van der Waals surface area (Å²) < 4.78 is 27.2. The smallest absolute Gasteiger partial charge is 0.268 e. The first-order valence-corrected chi connectivity index (χ1v) is 10.5. The Morgan fingerprint density at radius 3 is 2.32 bits per heavy atom. The average molecular weight is 398 g/mol. The molecule has 1 aromatic heterocycles. The predicted octanol–water partition coefficient (Wildman–Crippen LogP) is 3.22. The van der Waals surface area contributed by atoms with Crippen LogP contribution < -0.4 is 5.32 Å². The molecule has 146 valence electrons. The Hall–Kier alpha value is -2.93. The van der Waals surface area contributed by atoms with Crippen molar-refractivity contribution < 1.29 is 18.0 Å². The largest absolute Gasteiger partial charge is 0.349 e. The third-order valence-corrected chi connectivity index (χ3v) is 6.01. The first-order valence-electron chi connectivity index (χ1n) is 9.01. The Bertz CT molecular complexity index is 1120. The van der Waals surface area contributed by atoms with Gasteiger partial charge in [0.15, 0.2) is 5.78 Å². The Morgan fingerprint density at radius 1 is 1.00 bits per heavy atom. The van der Waals surface area contributed by atoms with Crippen LogP contribution in [-0.4, -0.2) is 30.6 Å². The van der Waals surface area contributed by atoms with Crippen molar-refractivity contribution in [2.75, 3.05) is 6.54 Å². The van der Waals surface area contributed by atoms with Gasteiger partial charge in [-0.2, -0.15) is 0 Å². The molecule has 28 heavy (non-hydrogen) atoms. The number of hydrogen-bond donors (Lipinski definition) is 1. The highest BCUT2D eigenvalue weighted by atomic mass is 32.2. The van der Waals surface area contributed by atoms with E-state index in [-0.39, 0.29) is 34.6 Å². The minimum absolute atomic E-state index is 0.139. The van der Waals surface area contributed by atoms with Gasteiger partial charge in [0.25, 0.3) is 10.0 Å². The summed E-state index contributed by atoms with van der Waals surface area (Å²) in [7, 11) is -3.85. The van der Waals surface area contributed by atoms with E-state index >= 15 is 0 Å². The van der Waals surface area contributed by atoms with E-state index < -0.39 is 10.0 Å². The number of carbonyl (C=O) groups is 2. The maximum atomic E-state index is 13.1. The van der Waals surface area contributed by atoms with Gasteiger partial charge in [0, 0.05) is 23.6 Å². The van der Waals surface area contributed by atoms with Crippen molar-refractivity contribution in [2.45, 2.75) is 25.2 Å². The van der Waals surface area contributed by atoms with Crippen LogP contribution in [0.25, 0.3) is 10.9 Å². The first-order chi connectivity index (χ1) is 13.3. The molecule has 0 radical (unpaired) electrons. The summed E-state index contributed by atoms with van der Waals surface area (Å²) in [6.07, 6.45) is 1.67. The third kappa shape index (κ3) is 3.99. The summed E-state index contributed by atoms with van der Waals surface area (Å²) in [5.41, 5.74) is 0.683. The molecule has 7 heteroatoms. The number of nitrogens with zero attached hydrogens (tertiary/aromatic N) is 1. The molecule has 0 aliphatic carbocycles. The van der Waals surface area contributed by atoms with Crippen molar-refractivity contribution in [3.8, 4) is 0 Å². The first kappa shape index (κ1) is 19.8. The van der Waals surface area contributed by atoms with Crippen molar-refractivity contribution in [3.63, 3.8) is 0 Å².